The van der Waals surface area contributed by atoms with Crippen LogP contribution >= 0.6 is 0 Å². The third kappa shape index (κ3) is 9.16. The van der Waals surface area contributed by atoms with Gasteiger partial charge in [0.25, 0.3) is 0 Å². The van der Waals surface area contributed by atoms with Gasteiger partial charge in [0.05, 0.1) is 11.5 Å². The number of hydrogen-bond donors (Lipinski definition) is 1. The summed E-state index contributed by atoms with van der Waals surface area (Å²) >= 11 is 0. The fraction of sp³-hybridized carbons (Fsp3) is 1.00. The lowest BCUT2D eigenvalue weighted by atomic mass is 10.1. The van der Waals surface area contributed by atoms with Crippen molar-refractivity contribution in [1.82, 2.24) is 5.32 Å². The molecule has 1 N–H and O–H groups in total. The Bertz CT molecular complexity index is 250. The summed E-state index contributed by atoms with van der Waals surface area (Å²) in [5, 5.41) is 3.33. The van der Waals surface area contributed by atoms with Crippen molar-refractivity contribution in [2.24, 2.45) is 0 Å². The summed E-state index contributed by atoms with van der Waals surface area (Å²) in [6.07, 6.45) is 4.63. The molecule has 4 heteroatoms. The molecule has 0 saturated carbocycles. The standard InChI is InChI=1S/C12H27NO2S/c1-4-6-10-16(14,15)11-8-7-9-12(3)13-5-2/h12-13H,4-11H2,1-3H3. The molecule has 0 bridgehead atoms. The van der Waals surface area contributed by atoms with Gasteiger partial charge in [0.2, 0.25) is 0 Å². The summed E-state index contributed by atoms with van der Waals surface area (Å²) in [5.74, 6) is 0.734. The van der Waals surface area contributed by atoms with Crippen molar-refractivity contribution in [3.63, 3.8) is 0 Å². The van der Waals surface area contributed by atoms with Crippen LogP contribution in [0.2, 0.25) is 0 Å². The minimum Gasteiger partial charge on any atom is -0.315 e. The monoisotopic (exact) mass is 249 g/mol. The average molecular weight is 249 g/mol. The highest BCUT2D eigenvalue weighted by atomic mass is 32.2. The smallest absolute Gasteiger partial charge is 0.150 e. The Labute approximate surface area is 101 Å². The van der Waals surface area contributed by atoms with Crippen molar-refractivity contribution in [2.45, 2.75) is 58.9 Å². The molecule has 0 aromatic heterocycles. The first kappa shape index (κ1) is 15.9. The number of hydrogen-bond acceptors (Lipinski definition) is 3. The van der Waals surface area contributed by atoms with Gasteiger partial charge in [0, 0.05) is 6.04 Å². The van der Waals surface area contributed by atoms with Gasteiger partial charge in [0.1, 0.15) is 9.84 Å². The SMILES string of the molecule is CCCCS(=O)(=O)CCCCC(C)NCC. The first-order valence-corrected chi connectivity index (χ1v) is 8.27. The van der Waals surface area contributed by atoms with Crippen LogP contribution in [0.1, 0.15) is 52.9 Å². The quantitative estimate of drug-likeness (QED) is 0.605. The molecule has 0 heterocycles. The van der Waals surface area contributed by atoms with E-state index in [9.17, 15) is 8.42 Å². The number of unbranched alkanes of at least 4 members (excludes halogenated alkanes) is 2. The zero-order valence-electron chi connectivity index (χ0n) is 11.0. The minimum atomic E-state index is -2.77. The van der Waals surface area contributed by atoms with Gasteiger partial charge < -0.3 is 5.32 Å². The lowest BCUT2D eigenvalue weighted by Crippen LogP contribution is -2.25. The largest absolute Gasteiger partial charge is 0.315 e. The predicted octanol–water partition coefficient (Wildman–Crippen LogP) is 2.37. The van der Waals surface area contributed by atoms with E-state index in [1.165, 1.54) is 0 Å². The zero-order chi connectivity index (χ0) is 12.4. The molecule has 1 unspecified atom stereocenters. The number of nitrogens with one attached hydrogen (secondary N) is 1. The fourth-order valence-electron chi connectivity index (χ4n) is 1.69. The van der Waals surface area contributed by atoms with Crippen molar-refractivity contribution in [1.29, 1.82) is 0 Å². The molecule has 0 aromatic carbocycles. The van der Waals surface area contributed by atoms with Crippen LogP contribution in [-0.4, -0.2) is 32.5 Å². The average Bonchev–Trinajstić information content (AvgIpc) is 2.22. The number of sulfone groups is 1. The van der Waals surface area contributed by atoms with E-state index < -0.39 is 9.84 Å². The first-order valence-electron chi connectivity index (χ1n) is 6.45. The summed E-state index contributed by atoms with van der Waals surface area (Å²) in [6.45, 7) is 7.24. The fourth-order valence-corrected chi connectivity index (χ4v) is 3.27. The molecule has 0 spiro atoms. The Balaban J connectivity index is 3.57. The third-order valence-electron chi connectivity index (χ3n) is 2.70. The summed E-state index contributed by atoms with van der Waals surface area (Å²) in [4.78, 5) is 0. The van der Waals surface area contributed by atoms with Gasteiger partial charge in [-0.2, -0.15) is 0 Å². The molecule has 0 aliphatic carbocycles. The molecule has 0 aliphatic rings. The van der Waals surface area contributed by atoms with Crippen LogP contribution in [0.3, 0.4) is 0 Å². The van der Waals surface area contributed by atoms with Gasteiger partial charge in [-0.1, -0.05) is 26.7 Å². The van der Waals surface area contributed by atoms with Gasteiger partial charge in [0.15, 0.2) is 0 Å². The molecular weight excluding hydrogens is 222 g/mol. The van der Waals surface area contributed by atoms with E-state index in [1.54, 1.807) is 0 Å². The summed E-state index contributed by atoms with van der Waals surface area (Å²) in [5.41, 5.74) is 0. The zero-order valence-corrected chi connectivity index (χ0v) is 11.8. The van der Waals surface area contributed by atoms with Gasteiger partial charge in [-0.3, -0.25) is 0 Å². The maximum Gasteiger partial charge on any atom is 0.150 e. The lowest BCUT2D eigenvalue weighted by molar-refractivity contribution is 0.507. The molecule has 0 amide bonds. The molecule has 16 heavy (non-hydrogen) atoms. The second-order valence-electron chi connectivity index (χ2n) is 4.46. The van der Waals surface area contributed by atoms with E-state index in [0.717, 1.165) is 38.6 Å². The molecule has 0 aliphatic heterocycles. The van der Waals surface area contributed by atoms with Gasteiger partial charge in [-0.05, 0) is 32.7 Å². The Hall–Kier alpha value is -0.0900. The van der Waals surface area contributed by atoms with E-state index in [-0.39, 0.29) is 0 Å². The van der Waals surface area contributed by atoms with Gasteiger partial charge in [-0.15, -0.1) is 0 Å². The third-order valence-corrected chi connectivity index (χ3v) is 4.53. The van der Waals surface area contributed by atoms with Crippen LogP contribution in [0.25, 0.3) is 0 Å². The topological polar surface area (TPSA) is 46.2 Å². The molecule has 3 nitrogen and oxygen atoms in total. The van der Waals surface area contributed by atoms with Gasteiger partial charge >= 0.3 is 0 Å². The Morgan fingerprint density at radius 3 is 2.25 bits per heavy atom. The molecule has 0 saturated heterocycles. The molecule has 0 radical (unpaired) electrons. The van der Waals surface area contributed by atoms with Crippen LogP contribution in [0.15, 0.2) is 0 Å². The van der Waals surface area contributed by atoms with E-state index in [2.05, 4.69) is 19.2 Å². The molecule has 98 valence electrons. The molecular formula is C12H27NO2S. The highest BCUT2D eigenvalue weighted by Gasteiger charge is 2.09. The second kappa shape index (κ2) is 8.99. The Kier molecular flexibility index (Phi) is 8.94. The summed E-state index contributed by atoms with van der Waals surface area (Å²) in [7, 11) is -2.77. The summed E-state index contributed by atoms with van der Waals surface area (Å²) in [6, 6.07) is 0.503. The van der Waals surface area contributed by atoms with Crippen LogP contribution in [0.4, 0.5) is 0 Å². The highest BCUT2D eigenvalue weighted by molar-refractivity contribution is 7.91. The van der Waals surface area contributed by atoms with Crippen LogP contribution in [0, 0.1) is 0 Å². The van der Waals surface area contributed by atoms with Crippen LogP contribution in [-0.2, 0) is 9.84 Å². The minimum absolute atomic E-state index is 0.367. The Morgan fingerprint density at radius 1 is 1.06 bits per heavy atom. The normalized spacial score (nSPS) is 13.9. The number of rotatable bonds is 10. The van der Waals surface area contributed by atoms with E-state index in [0.29, 0.717) is 17.5 Å². The molecule has 1 atom stereocenters. The maximum absolute atomic E-state index is 11.5. The van der Waals surface area contributed by atoms with E-state index in [1.807, 2.05) is 6.92 Å². The van der Waals surface area contributed by atoms with Crippen molar-refractivity contribution >= 4 is 9.84 Å². The first-order chi connectivity index (χ1) is 7.52. The maximum atomic E-state index is 11.5. The van der Waals surface area contributed by atoms with E-state index >= 15 is 0 Å². The Morgan fingerprint density at radius 2 is 1.69 bits per heavy atom. The lowest BCUT2D eigenvalue weighted by Gasteiger charge is -2.11. The van der Waals surface area contributed by atoms with Crippen LogP contribution in [0.5, 0.6) is 0 Å². The van der Waals surface area contributed by atoms with Crippen molar-refractivity contribution in [2.75, 3.05) is 18.1 Å². The second-order valence-corrected chi connectivity index (χ2v) is 6.76. The summed E-state index contributed by atoms with van der Waals surface area (Å²) < 4.78 is 23.1. The van der Waals surface area contributed by atoms with Gasteiger partial charge in [-0.25, -0.2) is 8.42 Å². The predicted molar refractivity (Wildman–Crippen MR) is 70.6 cm³/mol. The van der Waals surface area contributed by atoms with Crippen molar-refractivity contribution < 1.29 is 8.42 Å². The van der Waals surface area contributed by atoms with Crippen molar-refractivity contribution in [3.8, 4) is 0 Å². The highest BCUT2D eigenvalue weighted by Crippen LogP contribution is 2.05. The molecule has 0 aromatic rings. The molecule has 0 rings (SSSR count). The van der Waals surface area contributed by atoms with Crippen molar-refractivity contribution in [3.05, 3.63) is 0 Å². The van der Waals surface area contributed by atoms with E-state index in [4.69, 9.17) is 0 Å². The molecule has 0 fully saturated rings. The van der Waals surface area contributed by atoms with Crippen LogP contribution < -0.4 is 5.32 Å².